The molecule has 0 aliphatic heterocycles. The van der Waals surface area contributed by atoms with Crippen molar-refractivity contribution in [2.75, 3.05) is 25.6 Å². The fourth-order valence-electron chi connectivity index (χ4n) is 1.46. The molecule has 0 atom stereocenters. The molecule has 0 fully saturated rings. The summed E-state index contributed by atoms with van der Waals surface area (Å²) in [6, 6.07) is 7.41. The highest BCUT2D eigenvalue weighted by Gasteiger charge is 2.12. The average Bonchev–Trinajstić information content (AvgIpc) is 2.29. The van der Waals surface area contributed by atoms with Crippen LogP contribution >= 0.6 is 15.9 Å². The highest BCUT2D eigenvalue weighted by molar-refractivity contribution is 9.10. The number of Topliss-reactive ketones (excluding diaryl/α,β-unsaturated/α-hetero) is 1. The third-order valence-corrected chi connectivity index (χ3v) is 2.74. The first-order valence-corrected chi connectivity index (χ1v) is 5.81. The number of rotatable bonds is 5. The van der Waals surface area contributed by atoms with E-state index in [-0.39, 0.29) is 18.7 Å². The van der Waals surface area contributed by atoms with Gasteiger partial charge in [0.1, 0.15) is 5.75 Å². The molecule has 0 spiro atoms. The molecule has 1 rings (SSSR count). The molecule has 0 amide bonds. The zero-order chi connectivity index (χ0) is 12.8. The van der Waals surface area contributed by atoms with Crippen LogP contribution in [0.2, 0.25) is 0 Å². The van der Waals surface area contributed by atoms with Gasteiger partial charge in [-0.05, 0) is 18.2 Å². The zero-order valence-corrected chi connectivity index (χ0v) is 11.3. The number of nitriles is 1. The summed E-state index contributed by atoms with van der Waals surface area (Å²) in [5.41, 5.74) is 0.813. The lowest BCUT2D eigenvalue weighted by Gasteiger charge is -2.20. The smallest absolute Gasteiger partial charge is 0.166 e. The summed E-state index contributed by atoms with van der Waals surface area (Å²) in [5, 5.41) is 8.44. The first kappa shape index (κ1) is 13.5. The first-order chi connectivity index (χ1) is 8.08. The molecule has 90 valence electrons. The van der Waals surface area contributed by atoms with Gasteiger partial charge in [-0.15, -0.1) is 0 Å². The first-order valence-electron chi connectivity index (χ1n) is 5.01. The molecular weight excluding hydrogens is 284 g/mol. The van der Waals surface area contributed by atoms with Crippen molar-refractivity contribution in [3.05, 3.63) is 22.7 Å². The van der Waals surface area contributed by atoms with Gasteiger partial charge in [-0.3, -0.25) is 4.79 Å². The van der Waals surface area contributed by atoms with Gasteiger partial charge in [-0.25, -0.2) is 0 Å². The van der Waals surface area contributed by atoms with Gasteiger partial charge in [0.15, 0.2) is 5.78 Å². The molecule has 0 unspecified atom stereocenters. The van der Waals surface area contributed by atoms with Crippen molar-refractivity contribution in [1.29, 1.82) is 5.26 Å². The van der Waals surface area contributed by atoms with E-state index >= 15 is 0 Å². The Hall–Kier alpha value is -1.54. The van der Waals surface area contributed by atoms with E-state index in [1.807, 2.05) is 24.3 Å². The number of anilines is 1. The Labute approximate surface area is 109 Å². The number of likely N-dealkylation sites (N-methyl/N-ethyl adjacent to an activating group) is 1. The Balaban J connectivity index is 2.88. The Morgan fingerprint density at radius 3 is 2.88 bits per heavy atom. The highest BCUT2D eigenvalue weighted by atomic mass is 79.9. The van der Waals surface area contributed by atoms with Crippen molar-refractivity contribution in [2.45, 2.75) is 6.42 Å². The summed E-state index contributed by atoms with van der Waals surface area (Å²) in [6.45, 7) is 0.195. The van der Waals surface area contributed by atoms with Crippen molar-refractivity contribution in [3.8, 4) is 11.8 Å². The third kappa shape index (κ3) is 3.75. The molecular formula is C12H13BrN2O2. The molecule has 1 aromatic carbocycles. The fraction of sp³-hybridized carbons (Fsp3) is 0.333. The van der Waals surface area contributed by atoms with E-state index in [0.29, 0.717) is 5.75 Å². The second kappa shape index (κ2) is 6.26. The monoisotopic (exact) mass is 296 g/mol. The van der Waals surface area contributed by atoms with Crippen molar-refractivity contribution < 1.29 is 9.53 Å². The molecule has 0 saturated carbocycles. The normalized spacial score (nSPS) is 9.53. The van der Waals surface area contributed by atoms with Gasteiger partial charge in [0.2, 0.25) is 0 Å². The number of halogens is 1. The predicted molar refractivity (Wildman–Crippen MR) is 69.2 cm³/mol. The minimum absolute atomic E-state index is 0.0688. The van der Waals surface area contributed by atoms with Crippen LogP contribution in [0.1, 0.15) is 6.42 Å². The van der Waals surface area contributed by atoms with Gasteiger partial charge in [0.25, 0.3) is 0 Å². The topological polar surface area (TPSA) is 53.3 Å². The van der Waals surface area contributed by atoms with E-state index in [0.717, 1.165) is 10.2 Å². The van der Waals surface area contributed by atoms with Gasteiger partial charge < -0.3 is 9.64 Å². The number of nitrogens with zero attached hydrogens (tertiary/aromatic N) is 2. The molecule has 0 heterocycles. The Morgan fingerprint density at radius 2 is 2.29 bits per heavy atom. The molecule has 0 saturated heterocycles. The van der Waals surface area contributed by atoms with Crippen LogP contribution < -0.4 is 9.64 Å². The number of hydrogen-bond acceptors (Lipinski definition) is 4. The van der Waals surface area contributed by atoms with Crippen LogP contribution in [-0.2, 0) is 4.79 Å². The quantitative estimate of drug-likeness (QED) is 0.837. The number of hydrogen-bond donors (Lipinski definition) is 0. The summed E-state index contributed by atoms with van der Waals surface area (Å²) < 4.78 is 6.13. The standard InChI is InChI=1S/C12H13BrN2O2/c1-15(8-10(16)5-6-14)11-7-9(13)3-4-12(11)17-2/h3-4,7H,5,8H2,1-2H3. The van der Waals surface area contributed by atoms with Crippen LogP contribution in [-0.4, -0.2) is 26.5 Å². The van der Waals surface area contributed by atoms with E-state index < -0.39 is 0 Å². The van der Waals surface area contributed by atoms with Crippen LogP contribution in [0, 0.1) is 11.3 Å². The van der Waals surface area contributed by atoms with Gasteiger partial charge >= 0.3 is 0 Å². The van der Waals surface area contributed by atoms with Crippen molar-refractivity contribution >= 4 is 27.4 Å². The summed E-state index contributed by atoms with van der Waals surface area (Å²) in [7, 11) is 3.37. The minimum Gasteiger partial charge on any atom is -0.495 e. The zero-order valence-electron chi connectivity index (χ0n) is 9.74. The maximum absolute atomic E-state index is 11.4. The molecule has 0 aliphatic rings. The summed E-state index contributed by atoms with van der Waals surface area (Å²) >= 11 is 3.37. The Morgan fingerprint density at radius 1 is 1.59 bits per heavy atom. The van der Waals surface area contributed by atoms with Gasteiger partial charge in [0.05, 0.1) is 31.8 Å². The average molecular weight is 297 g/mol. The molecule has 5 heteroatoms. The molecule has 0 radical (unpaired) electrons. The SMILES string of the molecule is COc1ccc(Br)cc1N(C)CC(=O)CC#N. The molecule has 0 bridgehead atoms. The van der Waals surface area contributed by atoms with E-state index in [2.05, 4.69) is 15.9 Å². The lowest BCUT2D eigenvalue weighted by atomic mass is 10.2. The highest BCUT2D eigenvalue weighted by Crippen LogP contribution is 2.30. The molecule has 4 nitrogen and oxygen atoms in total. The number of ether oxygens (including phenoxy) is 1. The fourth-order valence-corrected chi connectivity index (χ4v) is 1.80. The van der Waals surface area contributed by atoms with Crippen LogP contribution in [0.15, 0.2) is 22.7 Å². The number of carbonyl (C=O) groups excluding carboxylic acids is 1. The largest absolute Gasteiger partial charge is 0.495 e. The molecule has 0 aromatic heterocycles. The van der Waals surface area contributed by atoms with Crippen LogP contribution in [0.5, 0.6) is 5.75 Å². The minimum atomic E-state index is -0.114. The maximum atomic E-state index is 11.4. The number of methoxy groups -OCH3 is 1. The summed E-state index contributed by atoms with van der Waals surface area (Å²) in [5.74, 6) is 0.581. The van der Waals surface area contributed by atoms with Crippen LogP contribution in [0.4, 0.5) is 5.69 Å². The van der Waals surface area contributed by atoms with Gasteiger partial charge in [-0.1, -0.05) is 15.9 Å². The summed E-state index contributed by atoms with van der Waals surface area (Å²) in [6.07, 6.45) is -0.0688. The van der Waals surface area contributed by atoms with E-state index in [9.17, 15) is 4.79 Å². The predicted octanol–water partition coefficient (Wildman–Crippen LogP) is 2.38. The van der Waals surface area contributed by atoms with Crippen molar-refractivity contribution in [1.82, 2.24) is 0 Å². The van der Waals surface area contributed by atoms with E-state index in [1.165, 1.54) is 0 Å². The molecule has 0 N–H and O–H groups in total. The number of ketones is 1. The molecule has 0 aliphatic carbocycles. The maximum Gasteiger partial charge on any atom is 0.166 e. The molecule has 17 heavy (non-hydrogen) atoms. The Kier molecular flexibility index (Phi) is 4.98. The third-order valence-electron chi connectivity index (χ3n) is 2.24. The second-order valence-corrected chi connectivity index (χ2v) is 4.46. The number of benzene rings is 1. The Bertz CT molecular complexity index is 454. The van der Waals surface area contributed by atoms with Crippen LogP contribution in [0.3, 0.4) is 0 Å². The second-order valence-electron chi connectivity index (χ2n) is 3.55. The van der Waals surface area contributed by atoms with E-state index in [4.69, 9.17) is 10.00 Å². The van der Waals surface area contributed by atoms with Crippen molar-refractivity contribution in [3.63, 3.8) is 0 Å². The van der Waals surface area contributed by atoms with Crippen molar-refractivity contribution in [2.24, 2.45) is 0 Å². The van der Waals surface area contributed by atoms with E-state index in [1.54, 1.807) is 19.1 Å². The van der Waals surface area contributed by atoms with Gasteiger partial charge in [-0.2, -0.15) is 5.26 Å². The summed E-state index contributed by atoms with van der Waals surface area (Å²) in [4.78, 5) is 13.2. The lowest BCUT2D eigenvalue weighted by Crippen LogP contribution is -2.25. The van der Waals surface area contributed by atoms with Gasteiger partial charge in [0, 0.05) is 11.5 Å². The lowest BCUT2D eigenvalue weighted by molar-refractivity contribution is -0.116. The number of carbonyl (C=O) groups is 1. The van der Waals surface area contributed by atoms with Crippen LogP contribution in [0.25, 0.3) is 0 Å². The molecule has 1 aromatic rings.